The van der Waals surface area contributed by atoms with E-state index < -0.39 is 15.8 Å². The Kier molecular flexibility index (Phi) is 4.27. The highest BCUT2D eigenvalue weighted by molar-refractivity contribution is 7.92. The number of rotatable bonds is 4. The van der Waals surface area contributed by atoms with Gasteiger partial charge in [0.2, 0.25) is 0 Å². The van der Waals surface area contributed by atoms with Gasteiger partial charge in [0.05, 0.1) is 17.2 Å². The van der Waals surface area contributed by atoms with Crippen LogP contribution in [0.5, 0.6) is 0 Å². The van der Waals surface area contributed by atoms with Crippen LogP contribution in [-0.2, 0) is 16.6 Å². The van der Waals surface area contributed by atoms with Crippen LogP contribution < -0.4 is 4.72 Å². The van der Waals surface area contributed by atoms with Crippen LogP contribution in [0.4, 0.5) is 10.1 Å². The average Bonchev–Trinajstić information content (AvgIpc) is 2.41. The summed E-state index contributed by atoms with van der Waals surface area (Å²) in [6.07, 6.45) is 0. The molecule has 2 aromatic carbocycles. The monoisotopic (exact) mass is 315 g/mol. The Morgan fingerprint density at radius 2 is 1.90 bits per heavy atom. The van der Waals surface area contributed by atoms with Gasteiger partial charge in [0.1, 0.15) is 5.82 Å². The zero-order valence-corrected chi connectivity index (χ0v) is 11.7. The van der Waals surface area contributed by atoms with Gasteiger partial charge in [0.15, 0.2) is 0 Å². The average molecular weight is 316 g/mol. The van der Waals surface area contributed by atoms with E-state index in [1.54, 1.807) is 0 Å². The van der Waals surface area contributed by atoms with E-state index in [2.05, 4.69) is 4.72 Å². The number of anilines is 1. The molecule has 0 atom stereocenters. The molecule has 0 saturated heterocycles. The number of nitrogens with one attached hydrogen (secondary N) is 1. The minimum Gasteiger partial charge on any atom is -0.392 e. The zero-order valence-electron chi connectivity index (χ0n) is 10.2. The molecule has 0 saturated carbocycles. The van der Waals surface area contributed by atoms with E-state index in [0.29, 0.717) is 5.56 Å². The van der Waals surface area contributed by atoms with Crippen molar-refractivity contribution in [3.63, 3.8) is 0 Å². The summed E-state index contributed by atoms with van der Waals surface area (Å²) in [5, 5.41) is 9.11. The Labute approximate surface area is 120 Å². The van der Waals surface area contributed by atoms with Crippen LogP contribution in [0, 0.1) is 5.82 Å². The summed E-state index contributed by atoms with van der Waals surface area (Å²) in [5.41, 5.74) is 0.270. The van der Waals surface area contributed by atoms with Crippen LogP contribution in [0.3, 0.4) is 0 Å². The lowest BCUT2D eigenvalue weighted by Crippen LogP contribution is -2.14. The molecule has 0 spiro atoms. The summed E-state index contributed by atoms with van der Waals surface area (Å²) in [7, 11) is -3.94. The summed E-state index contributed by atoms with van der Waals surface area (Å²) in [6.45, 7) is -0.292. The van der Waals surface area contributed by atoms with Gasteiger partial charge < -0.3 is 5.11 Å². The second kappa shape index (κ2) is 5.78. The van der Waals surface area contributed by atoms with Crippen molar-refractivity contribution in [2.45, 2.75) is 11.5 Å². The normalized spacial score (nSPS) is 11.3. The molecule has 106 valence electrons. The molecular formula is C13H11ClFNO3S. The quantitative estimate of drug-likeness (QED) is 0.911. The number of halogens is 2. The van der Waals surface area contributed by atoms with Crippen molar-refractivity contribution >= 4 is 27.3 Å². The summed E-state index contributed by atoms with van der Waals surface area (Å²) in [5.74, 6) is -0.672. The maximum Gasteiger partial charge on any atom is 0.262 e. The van der Waals surface area contributed by atoms with Crippen molar-refractivity contribution < 1.29 is 17.9 Å². The van der Waals surface area contributed by atoms with E-state index in [-0.39, 0.29) is 22.2 Å². The fourth-order valence-corrected chi connectivity index (χ4v) is 2.97. The molecule has 0 aromatic heterocycles. The number of aliphatic hydroxyl groups excluding tert-OH is 1. The van der Waals surface area contributed by atoms with E-state index in [1.165, 1.54) is 36.4 Å². The van der Waals surface area contributed by atoms with Gasteiger partial charge in [-0.25, -0.2) is 12.8 Å². The van der Waals surface area contributed by atoms with Crippen LogP contribution in [-0.4, -0.2) is 13.5 Å². The van der Waals surface area contributed by atoms with Crippen molar-refractivity contribution in [1.82, 2.24) is 0 Å². The van der Waals surface area contributed by atoms with Crippen LogP contribution >= 0.6 is 11.6 Å². The topological polar surface area (TPSA) is 66.4 Å². The van der Waals surface area contributed by atoms with Crippen LogP contribution in [0.15, 0.2) is 47.4 Å². The molecule has 7 heteroatoms. The molecule has 0 amide bonds. The summed E-state index contributed by atoms with van der Waals surface area (Å²) < 4.78 is 39.8. The van der Waals surface area contributed by atoms with Gasteiger partial charge >= 0.3 is 0 Å². The van der Waals surface area contributed by atoms with Gasteiger partial charge in [-0.15, -0.1) is 0 Å². The summed E-state index contributed by atoms with van der Waals surface area (Å²) >= 11 is 5.84. The molecule has 2 rings (SSSR count). The zero-order chi connectivity index (χ0) is 14.8. The third-order valence-electron chi connectivity index (χ3n) is 2.62. The highest BCUT2D eigenvalue weighted by Crippen LogP contribution is 2.23. The third kappa shape index (κ3) is 3.09. The lowest BCUT2D eigenvalue weighted by molar-refractivity contribution is 0.282. The molecule has 2 aromatic rings. The molecule has 0 aliphatic rings. The minimum atomic E-state index is -3.94. The van der Waals surface area contributed by atoms with Gasteiger partial charge in [-0.1, -0.05) is 29.8 Å². The SMILES string of the molecule is O=S(=O)(Nc1ccccc1F)c1ccc(CO)c(Cl)c1. The molecule has 0 fully saturated rings. The Hall–Kier alpha value is -1.63. The van der Waals surface area contributed by atoms with Crippen molar-refractivity contribution in [3.8, 4) is 0 Å². The van der Waals surface area contributed by atoms with Crippen molar-refractivity contribution in [3.05, 3.63) is 58.9 Å². The number of sulfonamides is 1. The van der Waals surface area contributed by atoms with E-state index in [4.69, 9.17) is 16.7 Å². The van der Waals surface area contributed by atoms with Gasteiger partial charge in [0, 0.05) is 5.02 Å². The molecule has 4 nitrogen and oxygen atoms in total. The van der Waals surface area contributed by atoms with Crippen molar-refractivity contribution in [2.24, 2.45) is 0 Å². The van der Waals surface area contributed by atoms with Gasteiger partial charge in [-0.2, -0.15) is 0 Å². The number of para-hydroxylation sites is 1. The van der Waals surface area contributed by atoms with Crippen LogP contribution in [0.2, 0.25) is 5.02 Å². The van der Waals surface area contributed by atoms with Crippen molar-refractivity contribution in [2.75, 3.05) is 4.72 Å². The highest BCUT2D eigenvalue weighted by Gasteiger charge is 2.17. The molecule has 0 aliphatic heterocycles. The van der Waals surface area contributed by atoms with E-state index in [1.807, 2.05) is 0 Å². The first-order valence-electron chi connectivity index (χ1n) is 5.60. The standard InChI is InChI=1S/C13H11ClFNO3S/c14-11-7-10(6-5-9(11)8-17)20(18,19)16-13-4-2-1-3-12(13)15/h1-7,16-17H,8H2. The number of hydrogen-bond acceptors (Lipinski definition) is 3. The lowest BCUT2D eigenvalue weighted by atomic mass is 10.2. The van der Waals surface area contributed by atoms with E-state index in [0.717, 1.165) is 6.07 Å². The third-order valence-corrected chi connectivity index (χ3v) is 4.34. The number of aliphatic hydroxyl groups is 1. The summed E-state index contributed by atoms with van der Waals surface area (Å²) in [6, 6.07) is 9.34. The fraction of sp³-hybridized carbons (Fsp3) is 0.0769. The Morgan fingerprint density at radius 3 is 2.50 bits per heavy atom. The minimum absolute atomic E-state index is 0.108. The Morgan fingerprint density at radius 1 is 1.20 bits per heavy atom. The van der Waals surface area contributed by atoms with Crippen LogP contribution in [0.1, 0.15) is 5.56 Å². The van der Waals surface area contributed by atoms with Crippen LogP contribution in [0.25, 0.3) is 0 Å². The number of hydrogen-bond donors (Lipinski definition) is 2. The number of benzene rings is 2. The molecular weight excluding hydrogens is 305 g/mol. The summed E-state index contributed by atoms with van der Waals surface area (Å²) in [4.78, 5) is -0.108. The molecule has 0 bridgehead atoms. The Bertz CT molecular complexity index is 734. The largest absolute Gasteiger partial charge is 0.392 e. The predicted molar refractivity (Wildman–Crippen MR) is 74.6 cm³/mol. The smallest absolute Gasteiger partial charge is 0.262 e. The van der Waals surface area contributed by atoms with Gasteiger partial charge in [0.25, 0.3) is 10.0 Å². The lowest BCUT2D eigenvalue weighted by Gasteiger charge is -2.10. The Balaban J connectivity index is 2.36. The highest BCUT2D eigenvalue weighted by atomic mass is 35.5. The second-order valence-electron chi connectivity index (χ2n) is 4.00. The maximum absolute atomic E-state index is 13.4. The van der Waals surface area contributed by atoms with E-state index >= 15 is 0 Å². The molecule has 0 radical (unpaired) electrons. The molecule has 2 N–H and O–H groups in total. The molecule has 0 aliphatic carbocycles. The first-order valence-corrected chi connectivity index (χ1v) is 7.47. The molecule has 0 heterocycles. The van der Waals surface area contributed by atoms with Gasteiger partial charge in [-0.3, -0.25) is 4.72 Å². The molecule has 0 unspecified atom stereocenters. The van der Waals surface area contributed by atoms with Gasteiger partial charge in [-0.05, 0) is 29.8 Å². The first kappa shape index (κ1) is 14.8. The first-order chi connectivity index (χ1) is 9.44. The second-order valence-corrected chi connectivity index (χ2v) is 6.09. The van der Waals surface area contributed by atoms with Crippen molar-refractivity contribution in [1.29, 1.82) is 0 Å². The maximum atomic E-state index is 13.4. The molecule has 20 heavy (non-hydrogen) atoms. The fourth-order valence-electron chi connectivity index (χ4n) is 1.57. The van der Waals surface area contributed by atoms with E-state index in [9.17, 15) is 12.8 Å². The predicted octanol–water partition coefficient (Wildman–Crippen LogP) is 2.77.